The first-order chi connectivity index (χ1) is 13.9. The molecule has 0 spiro atoms. The van der Waals surface area contributed by atoms with E-state index in [4.69, 9.17) is 4.74 Å². The van der Waals surface area contributed by atoms with Crippen LogP contribution in [0.3, 0.4) is 0 Å². The summed E-state index contributed by atoms with van der Waals surface area (Å²) in [7, 11) is -3.81. The van der Waals surface area contributed by atoms with E-state index in [1.807, 2.05) is 0 Å². The second kappa shape index (κ2) is 9.41. The molecule has 1 aliphatic rings. The SMILES string of the molecule is C[C@@H](OC(=O)c1ccccc1NS(=O)(=O)c1cccs1)C(=O)NC1CCCCC1. The van der Waals surface area contributed by atoms with Crippen molar-refractivity contribution in [2.75, 3.05) is 4.72 Å². The van der Waals surface area contributed by atoms with E-state index in [-0.39, 0.29) is 27.4 Å². The minimum Gasteiger partial charge on any atom is -0.449 e. The van der Waals surface area contributed by atoms with Crippen LogP contribution >= 0.6 is 11.3 Å². The first kappa shape index (κ1) is 21.3. The Labute approximate surface area is 174 Å². The van der Waals surface area contributed by atoms with Gasteiger partial charge in [-0.15, -0.1) is 11.3 Å². The van der Waals surface area contributed by atoms with Crippen LogP contribution in [0.25, 0.3) is 0 Å². The van der Waals surface area contributed by atoms with Gasteiger partial charge < -0.3 is 10.1 Å². The molecule has 1 heterocycles. The minimum absolute atomic E-state index is 0.0462. The Morgan fingerprint density at radius 1 is 1.10 bits per heavy atom. The molecule has 9 heteroatoms. The Morgan fingerprint density at radius 3 is 2.52 bits per heavy atom. The summed E-state index contributed by atoms with van der Waals surface area (Å²) in [4.78, 5) is 25.0. The number of ether oxygens (including phenoxy) is 1. The summed E-state index contributed by atoms with van der Waals surface area (Å²) >= 11 is 1.07. The van der Waals surface area contributed by atoms with Crippen molar-refractivity contribution in [1.29, 1.82) is 0 Å². The largest absolute Gasteiger partial charge is 0.449 e. The summed E-state index contributed by atoms with van der Waals surface area (Å²) in [6, 6.07) is 9.38. The second-order valence-corrected chi connectivity index (χ2v) is 9.83. The van der Waals surface area contributed by atoms with Crippen LogP contribution in [0.4, 0.5) is 5.69 Å². The molecule has 1 amide bonds. The fraction of sp³-hybridized carbons (Fsp3) is 0.400. The summed E-state index contributed by atoms with van der Waals surface area (Å²) in [5, 5.41) is 4.57. The molecule has 7 nitrogen and oxygen atoms in total. The molecule has 0 aliphatic heterocycles. The highest BCUT2D eigenvalue weighted by molar-refractivity contribution is 7.94. The van der Waals surface area contributed by atoms with Crippen molar-refractivity contribution in [2.45, 2.75) is 55.4 Å². The van der Waals surface area contributed by atoms with Crippen LogP contribution in [0.15, 0.2) is 46.0 Å². The lowest BCUT2D eigenvalue weighted by Crippen LogP contribution is -2.42. The minimum atomic E-state index is -3.81. The molecule has 0 saturated heterocycles. The van der Waals surface area contributed by atoms with Gasteiger partial charge in [0.25, 0.3) is 15.9 Å². The Hall–Kier alpha value is -2.39. The monoisotopic (exact) mass is 436 g/mol. The molecule has 0 radical (unpaired) electrons. The lowest BCUT2D eigenvalue weighted by Gasteiger charge is -2.24. The number of anilines is 1. The van der Waals surface area contributed by atoms with Gasteiger partial charge in [-0.25, -0.2) is 13.2 Å². The normalized spacial score (nSPS) is 16.0. The average molecular weight is 437 g/mol. The highest BCUT2D eigenvalue weighted by Gasteiger charge is 2.25. The van der Waals surface area contributed by atoms with Gasteiger partial charge in [-0.05, 0) is 43.3 Å². The van der Waals surface area contributed by atoms with Crippen LogP contribution in [0.5, 0.6) is 0 Å². The van der Waals surface area contributed by atoms with Gasteiger partial charge in [0.2, 0.25) is 0 Å². The Kier molecular flexibility index (Phi) is 6.92. The summed E-state index contributed by atoms with van der Waals surface area (Å²) in [5.74, 6) is -1.11. The summed E-state index contributed by atoms with van der Waals surface area (Å²) < 4.78 is 32.8. The fourth-order valence-corrected chi connectivity index (χ4v) is 5.28. The van der Waals surface area contributed by atoms with Crippen LogP contribution in [-0.4, -0.2) is 32.4 Å². The predicted molar refractivity (Wildman–Crippen MR) is 111 cm³/mol. The molecule has 156 valence electrons. The number of nitrogens with one attached hydrogen (secondary N) is 2. The maximum atomic E-state index is 12.6. The zero-order valence-electron chi connectivity index (χ0n) is 16.1. The van der Waals surface area contributed by atoms with E-state index >= 15 is 0 Å². The van der Waals surface area contributed by atoms with E-state index in [1.165, 1.54) is 31.5 Å². The molecule has 1 aromatic carbocycles. The smallest absolute Gasteiger partial charge is 0.341 e. The lowest BCUT2D eigenvalue weighted by molar-refractivity contribution is -0.130. The van der Waals surface area contributed by atoms with Crippen molar-refractivity contribution in [2.24, 2.45) is 0 Å². The average Bonchev–Trinajstić information content (AvgIpc) is 3.24. The molecule has 1 aromatic heterocycles. The molecule has 1 aliphatic carbocycles. The molecule has 1 fully saturated rings. The van der Waals surface area contributed by atoms with E-state index in [2.05, 4.69) is 10.0 Å². The second-order valence-electron chi connectivity index (χ2n) is 6.97. The molecular formula is C20H24N2O5S2. The van der Waals surface area contributed by atoms with Crippen molar-refractivity contribution < 1.29 is 22.7 Å². The number of para-hydroxylation sites is 1. The molecule has 2 aromatic rings. The fourth-order valence-electron chi connectivity index (χ4n) is 3.20. The van der Waals surface area contributed by atoms with Gasteiger partial charge in [-0.3, -0.25) is 9.52 Å². The third kappa shape index (κ3) is 5.57. The van der Waals surface area contributed by atoms with E-state index in [0.29, 0.717) is 0 Å². The first-order valence-corrected chi connectivity index (χ1v) is 11.9. The van der Waals surface area contributed by atoms with Crippen LogP contribution in [-0.2, 0) is 19.6 Å². The molecule has 29 heavy (non-hydrogen) atoms. The Balaban J connectivity index is 1.67. The summed E-state index contributed by atoms with van der Waals surface area (Å²) in [6.45, 7) is 1.51. The van der Waals surface area contributed by atoms with Crippen molar-refractivity contribution in [1.82, 2.24) is 5.32 Å². The van der Waals surface area contributed by atoms with Crippen molar-refractivity contribution in [3.63, 3.8) is 0 Å². The van der Waals surface area contributed by atoms with Gasteiger partial charge in [-0.1, -0.05) is 37.5 Å². The zero-order valence-corrected chi connectivity index (χ0v) is 17.7. The van der Waals surface area contributed by atoms with E-state index in [1.54, 1.807) is 23.6 Å². The topological polar surface area (TPSA) is 102 Å². The number of esters is 1. The van der Waals surface area contributed by atoms with Crippen LogP contribution in [0.2, 0.25) is 0 Å². The molecule has 0 bridgehead atoms. The molecule has 1 atom stereocenters. The predicted octanol–water partition coefficient (Wildman–Crippen LogP) is 3.54. The van der Waals surface area contributed by atoms with Gasteiger partial charge in [0.15, 0.2) is 6.10 Å². The van der Waals surface area contributed by atoms with Crippen LogP contribution < -0.4 is 10.0 Å². The zero-order chi connectivity index (χ0) is 20.9. The number of rotatable bonds is 7. The Bertz CT molecular complexity index is 951. The number of amides is 1. The maximum absolute atomic E-state index is 12.6. The number of hydrogen-bond donors (Lipinski definition) is 2. The van der Waals surface area contributed by atoms with E-state index in [0.717, 1.165) is 37.0 Å². The maximum Gasteiger partial charge on any atom is 0.341 e. The lowest BCUT2D eigenvalue weighted by atomic mass is 9.95. The van der Waals surface area contributed by atoms with Crippen LogP contribution in [0, 0.1) is 0 Å². The van der Waals surface area contributed by atoms with Gasteiger partial charge in [0, 0.05) is 6.04 Å². The number of benzene rings is 1. The molecule has 1 saturated carbocycles. The number of sulfonamides is 1. The van der Waals surface area contributed by atoms with Crippen LogP contribution in [0.1, 0.15) is 49.4 Å². The molecule has 0 unspecified atom stereocenters. The number of carbonyl (C=O) groups excluding carboxylic acids is 2. The number of thiophene rings is 1. The van der Waals surface area contributed by atoms with Crippen molar-refractivity contribution in [3.8, 4) is 0 Å². The van der Waals surface area contributed by atoms with Crippen molar-refractivity contribution in [3.05, 3.63) is 47.3 Å². The highest BCUT2D eigenvalue weighted by atomic mass is 32.2. The van der Waals surface area contributed by atoms with Gasteiger partial charge >= 0.3 is 5.97 Å². The van der Waals surface area contributed by atoms with E-state index < -0.39 is 22.1 Å². The molecular weight excluding hydrogens is 412 g/mol. The highest BCUT2D eigenvalue weighted by Crippen LogP contribution is 2.24. The molecule has 2 N–H and O–H groups in total. The third-order valence-electron chi connectivity index (χ3n) is 4.76. The van der Waals surface area contributed by atoms with Gasteiger partial charge in [0.1, 0.15) is 4.21 Å². The number of hydrogen-bond acceptors (Lipinski definition) is 6. The Morgan fingerprint density at radius 2 is 1.83 bits per heavy atom. The van der Waals surface area contributed by atoms with E-state index in [9.17, 15) is 18.0 Å². The van der Waals surface area contributed by atoms with Crippen molar-refractivity contribution >= 4 is 38.9 Å². The summed E-state index contributed by atoms with van der Waals surface area (Å²) in [5.41, 5.74) is 0.149. The number of carbonyl (C=O) groups is 2. The first-order valence-electron chi connectivity index (χ1n) is 9.53. The third-order valence-corrected chi connectivity index (χ3v) is 7.52. The summed E-state index contributed by atoms with van der Waals surface area (Å²) in [6.07, 6.45) is 4.22. The standard InChI is InChI=1S/C20H24N2O5S2/c1-14(19(23)21-15-8-3-2-4-9-15)27-20(24)16-10-5-6-11-17(16)22-29(25,26)18-12-7-13-28-18/h5-7,10-15,22H,2-4,8-9H2,1H3,(H,21,23)/t14-/m1/s1. The quantitative estimate of drug-likeness (QED) is 0.647. The molecule has 3 rings (SSSR count). The van der Waals surface area contributed by atoms with Gasteiger partial charge in [-0.2, -0.15) is 0 Å². The van der Waals surface area contributed by atoms with Gasteiger partial charge in [0.05, 0.1) is 11.3 Å².